The molecule has 3 rings (SSSR count). The molecule has 1 atom stereocenters. The molecule has 0 aliphatic rings. The fourth-order valence-corrected chi connectivity index (χ4v) is 3.31. The average Bonchev–Trinajstić information content (AvgIpc) is 3.14. The number of hydrogen-bond acceptors (Lipinski definition) is 5. The second kappa shape index (κ2) is 6.52. The lowest BCUT2D eigenvalue weighted by atomic mass is 9.99. The first-order valence-corrected chi connectivity index (χ1v) is 8.28. The van der Waals surface area contributed by atoms with Gasteiger partial charge in [-0.2, -0.15) is 0 Å². The molecule has 0 radical (unpaired) electrons. The van der Waals surface area contributed by atoms with Crippen LogP contribution in [0.25, 0.3) is 11.3 Å². The fourth-order valence-electron chi connectivity index (χ4n) is 2.61. The van der Waals surface area contributed by atoms with Crippen molar-refractivity contribution in [1.29, 1.82) is 0 Å². The summed E-state index contributed by atoms with van der Waals surface area (Å²) in [5.41, 5.74) is 4.52. The Morgan fingerprint density at radius 1 is 1.29 bits per heavy atom. The van der Waals surface area contributed by atoms with Crippen LogP contribution in [-0.2, 0) is 4.79 Å². The molecule has 0 unspecified atom stereocenters. The molecule has 0 spiro atoms. The molecule has 0 aliphatic carbocycles. The number of halogens is 1. The van der Waals surface area contributed by atoms with Crippen LogP contribution >= 0.6 is 11.3 Å². The molecular weight excluding hydrogens is 329 g/mol. The van der Waals surface area contributed by atoms with Crippen LogP contribution in [0.1, 0.15) is 29.9 Å². The first-order valence-electron chi connectivity index (χ1n) is 7.40. The number of benzene rings is 1. The van der Waals surface area contributed by atoms with E-state index < -0.39 is 5.92 Å². The highest BCUT2D eigenvalue weighted by Gasteiger charge is 2.24. The van der Waals surface area contributed by atoms with Gasteiger partial charge in [0.15, 0.2) is 0 Å². The lowest BCUT2D eigenvalue weighted by Crippen LogP contribution is -2.19. The number of nitrogens with one attached hydrogen (secondary N) is 1. The monoisotopic (exact) mass is 345 g/mol. The summed E-state index contributed by atoms with van der Waals surface area (Å²) in [6.07, 6.45) is 0. The van der Waals surface area contributed by atoms with E-state index in [1.165, 1.54) is 23.5 Å². The number of rotatable bonds is 4. The van der Waals surface area contributed by atoms with Crippen LogP contribution in [0.3, 0.4) is 0 Å². The molecule has 0 aliphatic heterocycles. The van der Waals surface area contributed by atoms with Crippen LogP contribution < -0.4 is 5.32 Å². The molecule has 0 bridgehead atoms. The van der Waals surface area contributed by atoms with Gasteiger partial charge in [-0.25, -0.2) is 9.37 Å². The smallest absolute Gasteiger partial charge is 0.232 e. The third-order valence-electron chi connectivity index (χ3n) is 3.84. The number of thiazole rings is 1. The normalized spacial score (nSPS) is 12.2. The van der Waals surface area contributed by atoms with Crippen LogP contribution in [-0.4, -0.2) is 16.0 Å². The number of aryl methyl sites for hydroxylation is 2. The van der Waals surface area contributed by atoms with Gasteiger partial charge in [0, 0.05) is 11.1 Å². The predicted molar refractivity (Wildman–Crippen MR) is 90.5 cm³/mol. The van der Waals surface area contributed by atoms with Gasteiger partial charge in [0.2, 0.25) is 5.91 Å². The molecule has 1 amide bonds. The predicted octanol–water partition coefficient (Wildman–Crippen LogP) is 4.30. The molecule has 1 aromatic carbocycles. The summed E-state index contributed by atoms with van der Waals surface area (Å²) in [7, 11) is 0. The van der Waals surface area contributed by atoms with E-state index in [0.717, 1.165) is 11.1 Å². The maximum Gasteiger partial charge on any atom is 0.232 e. The van der Waals surface area contributed by atoms with E-state index in [9.17, 15) is 9.18 Å². The van der Waals surface area contributed by atoms with E-state index in [4.69, 9.17) is 4.52 Å². The third kappa shape index (κ3) is 3.07. The number of amides is 1. The standard InChI is InChI=1S/C17H16FN3O2S/c1-9(14-10(2)21-23-11(14)3)16(22)20-17-15(19-8-24-17)12-4-6-13(18)7-5-12/h4-9H,1-3H3,(H,20,22)/t9-/m1/s1. The number of nitrogens with zero attached hydrogens (tertiary/aromatic N) is 2. The number of aromatic nitrogens is 2. The highest BCUT2D eigenvalue weighted by Crippen LogP contribution is 2.32. The average molecular weight is 345 g/mol. The van der Waals surface area contributed by atoms with Gasteiger partial charge in [0.1, 0.15) is 22.3 Å². The van der Waals surface area contributed by atoms with E-state index in [2.05, 4.69) is 15.5 Å². The Labute approximate surface area is 142 Å². The van der Waals surface area contributed by atoms with Crippen molar-refractivity contribution in [3.05, 3.63) is 52.6 Å². The first-order chi connectivity index (χ1) is 11.5. The Bertz CT molecular complexity index is 851. The molecule has 0 fully saturated rings. The van der Waals surface area contributed by atoms with Crippen molar-refractivity contribution in [3.8, 4) is 11.3 Å². The molecule has 3 aromatic rings. The zero-order valence-corrected chi connectivity index (χ0v) is 14.3. The van der Waals surface area contributed by atoms with Gasteiger partial charge >= 0.3 is 0 Å². The van der Waals surface area contributed by atoms with Crippen molar-refractivity contribution in [3.63, 3.8) is 0 Å². The molecular formula is C17H16FN3O2S. The Kier molecular flexibility index (Phi) is 4.44. The van der Waals surface area contributed by atoms with E-state index >= 15 is 0 Å². The largest absolute Gasteiger partial charge is 0.361 e. The molecule has 0 saturated carbocycles. The van der Waals surface area contributed by atoms with Crippen LogP contribution in [0.4, 0.5) is 9.39 Å². The number of hydrogen-bond donors (Lipinski definition) is 1. The summed E-state index contributed by atoms with van der Waals surface area (Å²) < 4.78 is 18.2. The van der Waals surface area contributed by atoms with Gasteiger partial charge in [0.05, 0.1) is 17.1 Å². The molecule has 1 N–H and O–H groups in total. The van der Waals surface area contributed by atoms with Crippen LogP contribution in [0.15, 0.2) is 34.3 Å². The summed E-state index contributed by atoms with van der Waals surface area (Å²) in [6, 6.07) is 6.01. The van der Waals surface area contributed by atoms with Gasteiger partial charge in [-0.3, -0.25) is 4.79 Å². The second-order valence-corrected chi connectivity index (χ2v) is 6.34. The van der Waals surface area contributed by atoms with Crippen molar-refractivity contribution in [1.82, 2.24) is 10.1 Å². The SMILES string of the molecule is Cc1noc(C)c1[C@@H](C)C(=O)Nc1scnc1-c1ccc(F)cc1. The van der Waals surface area contributed by atoms with Crippen molar-refractivity contribution in [2.24, 2.45) is 0 Å². The van der Waals surface area contributed by atoms with Crippen molar-refractivity contribution < 1.29 is 13.7 Å². The molecule has 124 valence electrons. The fraction of sp³-hybridized carbons (Fsp3) is 0.235. The highest BCUT2D eigenvalue weighted by atomic mass is 32.1. The van der Waals surface area contributed by atoms with Crippen molar-refractivity contribution >= 4 is 22.2 Å². The molecule has 2 heterocycles. The summed E-state index contributed by atoms with van der Waals surface area (Å²) in [4.78, 5) is 16.9. The Balaban J connectivity index is 1.83. The minimum atomic E-state index is -0.403. The Morgan fingerprint density at radius 2 is 2.00 bits per heavy atom. The second-order valence-electron chi connectivity index (χ2n) is 5.49. The van der Waals surface area contributed by atoms with Crippen molar-refractivity contribution in [2.75, 3.05) is 5.32 Å². The summed E-state index contributed by atoms with van der Waals surface area (Å²) in [6.45, 7) is 5.41. The van der Waals surface area contributed by atoms with Gasteiger partial charge < -0.3 is 9.84 Å². The third-order valence-corrected chi connectivity index (χ3v) is 4.58. The van der Waals surface area contributed by atoms with E-state index in [1.807, 2.05) is 6.92 Å². The lowest BCUT2D eigenvalue weighted by Gasteiger charge is -2.12. The minimum Gasteiger partial charge on any atom is -0.361 e. The number of anilines is 1. The first kappa shape index (κ1) is 16.3. The molecule has 24 heavy (non-hydrogen) atoms. The Morgan fingerprint density at radius 3 is 2.62 bits per heavy atom. The van der Waals surface area contributed by atoms with Gasteiger partial charge in [-0.1, -0.05) is 5.16 Å². The molecule has 2 aromatic heterocycles. The summed E-state index contributed by atoms with van der Waals surface area (Å²) in [5, 5.41) is 7.42. The van der Waals surface area contributed by atoms with E-state index in [1.54, 1.807) is 31.5 Å². The topological polar surface area (TPSA) is 68.0 Å². The van der Waals surface area contributed by atoms with Gasteiger partial charge in [-0.05, 0) is 45.0 Å². The highest BCUT2D eigenvalue weighted by molar-refractivity contribution is 7.14. The number of carbonyl (C=O) groups excluding carboxylic acids is 1. The van der Waals surface area contributed by atoms with Crippen LogP contribution in [0, 0.1) is 19.7 Å². The molecule has 5 nitrogen and oxygen atoms in total. The van der Waals surface area contributed by atoms with Crippen LogP contribution in [0.2, 0.25) is 0 Å². The maximum absolute atomic E-state index is 13.1. The summed E-state index contributed by atoms with van der Waals surface area (Å²) >= 11 is 1.32. The van der Waals surface area contributed by atoms with Crippen LogP contribution in [0.5, 0.6) is 0 Å². The minimum absolute atomic E-state index is 0.169. The Hall–Kier alpha value is -2.54. The maximum atomic E-state index is 13.1. The zero-order chi connectivity index (χ0) is 17.3. The van der Waals surface area contributed by atoms with E-state index in [-0.39, 0.29) is 11.7 Å². The lowest BCUT2D eigenvalue weighted by molar-refractivity contribution is -0.117. The molecule has 0 saturated heterocycles. The van der Waals surface area contributed by atoms with Gasteiger partial charge in [0.25, 0.3) is 0 Å². The van der Waals surface area contributed by atoms with Gasteiger partial charge in [-0.15, -0.1) is 11.3 Å². The zero-order valence-electron chi connectivity index (χ0n) is 13.5. The quantitative estimate of drug-likeness (QED) is 0.765. The summed E-state index contributed by atoms with van der Waals surface area (Å²) in [5.74, 6) is -0.249. The van der Waals surface area contributed by atoms with Crippen molar-refractivity contribution in [2.45, 2.75) is 26.7 Å². The number of carbonyl (C=O) groups is 1. The van der Waals surface area contributed by atoms with E-state index in [0.29, 0.717) is 22.1 Å². The molecule has 7 heteroatoms.